The van der Waals surface area contributed by atoms with Gasteiger partial charge in [-0.05, 0) is 47.3 Å². The number of hydrogen-bond donors (Lipinski definition) is 1. The number of benzene rings is 2. The monoisotopic (exact) mass is 451 g/mol. The largest absolute Gasteiger partial charge is 0.464 e. The Morgan fingerprint density at radius 2 is 1.61 bits per heavy atom. The standard InChI is InChI=1S/C27H33NO5/c1-27(2)22(14-15-32-18-20-10-6-4-7-11-20)16-23(27)17-24(25(29)31-3)28-26(30)33-19-21-12-8-5-9-13-21/h4-13,17,22-23H,14-16,18-19H2,1-3H3,(H,28,30)/b24-17-/t22-,23-/m1/s1. The van der Waals surface area contributed by atoms with Crippen LogP contribution in [0.1, 0.15) is 37.8 Å². The molecule has 1 N–H and O–H groups in total. The Morgan fingerprint density at radius 3 is 2.18 bits per heavy atom. The highest BCUT2D eigenvalue weighted by Crippen LogP contribution is 2.53. The van der Waals surface area contributed by atoms with Crippen LogP contribution in [0.4, 0.5) is 4.79 Å². The summed E-state index contributed by atoms with van der Waals surface area (Å²) in [4.78, 5) is 24.5. The molecule has 33 heavy (non-hydrogen) atoms. The summed E-state index contributed by atoms with van der Waals surface area (Å²) >= 11 is 0. The van der Waals surface area contributed by atoms with E-state index in [9.17, 15) is 9.59 Å². The lowest BCUT2D eigenvalue weighted by Crippen LogP contribution is -2.45. The molecule has 0 aliphatic heterocycles. The zero-order valence-electron chi connectivity index (χ0n) is 19.6. The molecule has 176 valence electrons. The molecule has 1 saturated carbocycles. The predicted octanol–water partition coefficient (Wildman–Crippen LogP) is 5.24. The van der Waals surface area contributed by atoms with Crippen LogP contribution in [0.3, 0.4) is 0 Å². The minimum Gasteiger partial charge on any atom is -0.464 e. The number of allylic oxidation sites excluding steroid dienone is 1. The number of esters is 1. The van der Waals surface area contributed by atoms with Gasteiger partial charge in [-0.15, -0.1) is 0 Å². The molecule has 6 nitrogen and oxygen atoms in total. The molecule has 3 rings (SSSR count). The van der Waals surface area contributed by atoms with E-state index in [0.29, 0.717) is 19.1 Å². The lowest BCUT2D eigenvalue weighted by atomic mass is 9.54. The lowest BCUT2D eigenvalue weighted by molar-refractivity contribution is -0.136. The summed E-state index contributed by atoms with van der Waals surface area (Å²) in [5.41, 5.74) is 2.13. The van der Waals surface area contributed by atoms with E-state index >= 15 is 0 Å². The van der Waals surface area contributed by atoms with Crippen molar-refractivity contribution in [1.82, 2.24) is 5.32 Å². The normalized spacial score (nSPS) is 19.3. The number of methoxy groups -OCH3 is 1. The maximum Gasteiger partial charge on any atom is 0.412 e. The van der Waals surface area contributed by atoms with E-state index in [1.54, 1.807) is 6.08 Å². The second-order valence-electron chi connectivity index (χ2n) is 8.95. The Labute approximate surface area is 195 Å². The molecule has 0 spiro atoms. The number of rotatable bonds is 10. The first-order valence-electron chi connectivity index (χ1n) is 11.3. The quantitative estimate of drug-likeness (QED) is 0.304. The third kappa shape index (κ3) is 6.93. The number of alkyl carbamates (subject to hydrolysis) is 1. The van der Waals surface area contributed by atoms with Gasteiger partial charge < -0.3 is 14.2 Å². The molecule has 0 saturated heterocycles. The van der Waals surface area contributed by atoms with Gasteiger partial charge in [-0.3, -0.25) is 5.32 Å². The molecular weight excluding hydrogens is 418 g/mol. The summed E-state index contributed by atoms with van der Waals surface area (Å²) in [5, 5.41) is 2.56. The lowest BCUT2D eigenvalue weighted by Gasteiger charge is -2.51. The fourth-order valence-electron chi connectivity index (χ4n) is 4.16. The number of amides is 1. The SMILES string of the molecule is COC(=O)/C(=C/[C@H]1C[C@@H](CCOCc2ccccc2)C1(C)C)NC(=O)OCc1ccccc1. The third-order valence-electron chi connectivity index (χ3n) is 6.49. The summed E-state index contributed by atoms with van der Waals surface area (Å²) in [5.74, 6) is 0.0238. The first-order chi connectivity index (χ1) is 15.9. The molecule has 0 unspecified atom stereocenters. The molecule has 2 atom stereocenters. The third-order valence-corrected chi connectivity index (χ3v) is 6.49. The number of carbonyl (C=O) groups excluding carboxylic acids is 2. The Morgan fingerprint density at radius 1 is 1.00 bits per heavy atom. The van der Waals surface area contributed by atoms with E-state index in [1.165, 1.54) is 12.7 Å². The maximum atomic E-state index is 12.3. The van der Waals surface area contributed by atoms with Gasteiger partial charge in [0.25, 0.3) is 0 Å². The topological polar surface area (TPSA) is 73.9 Å². The van der Waals surface area contributed by atoms with Gasteiger partial charge in [0.05, 0.1) is 13.7 Å². The van der Waals surface area contributed by atoms with Crippen molar-refractivity contribution in [2.24, 2.45) is 17.3 Å². The zero-order chi connectivity index (χ0) is 23.7. The van der Waals surface area contributed by atoms with Gasteiger partial charge in [-0.25, -0.2) is 9.59 Å². The van der Waals surface area contributed by atoms with Crippen molar-refractivity contribution in [3.8, 4) is 0 Å². The van der Waals surface area contributed by atoms with Crippen LogP contribution < -0.4 is 5.32 Å². The molecule has 0 bridgehead atoms. The van der Waals surface area contributed by atoms with Crippen molar-refractivity contribution in [2.75, 3.05) is 13.7 Å². The minimum atomic E-state index is -0.682. The van der Waals surface area contributed by atoms with Crippen LogP contribution >= 0.6 is 0 Å². The number of ether oxygens (including phenoxy) is 3. The molecule has 1 amide bonds. The van der Waals surface area contributed by atoms with Gasteiger partial charge in [-0.1, -0.05) is 74.5 Å². The first-order valence-corrected chi connectivity index (χ1v) is 11.3. The van der Waals surface area contributed by atoms with Crippen LogP contribution in [-0.4, -0.2) is 25.8 Å². The highest BCUT2D eigenvalue weighted by Gasteiger charge is 2.46. The van der Waals surface area contributed by atoms with Crippen molar-refractivity contribution >= 4 is 12.1 Å². The maximum absolute atomic E-state index is 12.3. The molecule has 1 aliphatic carbocycles. The summed E-state index contributed by atoms with van der Waals surface area (Å²) in [7, 11) is 1.30. The van der Waals surface area contributed by atoms with Crippen LogP contribution in [0.25, 0.3) is 0 Å². The highest BCUT2D eigenvalue weighted by atomic mass is 16.6. The van der Waals surface area contributed by atoms with Crippen molar-refractivity contribution < 1.29 is 23.8 Å². The molecular formula is C27H33NO5. The van der Waals surface area contributed by atoms with Gasteiger partial charge in [0, 0.05) is 6.61 Å². The van der Waals surface area contributed by atoms with Gasteiger partial charge in [-0.2, -0.15) is 0 Å². The molecule has 1 aliphatic rings. The zero-order valence-corrected chi connectivity index (χ0v) is 19.6. The highest BCUT2D eigenvalue weighted by molar-refractivity contribution is 5.92. The predicted molar refractivity (Wildman–Crippen MR) is 126 cm³/mol. The smallest absolute Gasteiger partial charge is 0.412 e. The summed E-state index contributed by atoms with van der Waals surface area (Å²) in [6.45, 7) is 5.79. The number of nitrogens with one attached hydrogen (secondary N) is 1. The van der Waals surface area contributed by atoms with Crippen LogP contribution in [0.15, 0.2) is 72.4 Å². The van der Waals surface area contributed by atoms with Gasteiger partial charge >= 0.3 is 12.1 Å². The molecule has 2 aromatic carbocycles. The van der Waals surface area contributed by atoms with Crippen molar-refractivity contribution in [2.45, 2.75) is 39.9 Å². The summed E-state index contributed by atoms with van der Waals surface area (Å²) < 4.78 is 16.0. The van der Waals surface area contributed by atoms with Crippen molar-refractivity contribution in [3.05, 3.63) is 83.6 Å². The van der Waals surface area contributed by atoms with Crippen molar-refractivity contribution in [1.29, 1.82) is 0 Å². The van der Waals surface area contributed by atoms with E-state index in [0.717, 1.165) is 18.4 Å². The Hall–Kier alpha value is -3.12. The van der Waals surface area contributed by atoms with E-state index in [-0.39, 0.29) is 23.6 Å². The summed E-state index contributed by atoms with van der Waals surface area (Å²) in [6, 6.07) is 19.5. The summed E-state index contributed by atoms with van der Waals surface area (Å²) in [6.07, 6.45) is 2.99. The van der Waals surface area contributed by atoms with Gasteiger partial charge in [0.2, 0.25) is 0 Å². The van der Waals surface area contributed by atoms with E-state index < -0.39 is 12.1 Å². The van der Waals surface area contributed by atoms with Crippen LogP contribution in [0.2, 0.25) is 0 Å². The van der Waals surface area contributed by atoms with Crippen LogP contribution in [0.5, 0.6) is 0 Å². The average molecular weight is 452 g/mol. The molecule has 6 heteroatoms. The van der Waals surface area contributed by atoms with E-state index in [4.69, 9.17) is 14.2 Å². The molecule has 0 aromatic heterocycles. The van der Waals surface area contributed by atoms with Crippen LogP contribution in [0, 0.1) is 17.3 Å². The Balaban J connectivity index is 1.50. The second-order valence-corrected chi connectivity index (χ2v) is 8.95. The van der Waals surface area contributed by atoms with E-state index in [1.807, 2.05) is 48.5 Å². The molecule has 0 heterocycles. The number of carbonyl (C=O) groups is 2. The number of hydrogen-bond acceptors (Lipinski definition) is 5. The van der Waals surface area contributed by atoms with Gasteiger partial charge in [0.15, 0.2) is 0 Å². The Kier molecular flexibility index (Phi) is 8.66. The van der Waals surface area contributed by atoms with Crippen molar-refractivity contribution in [3.63, 3.8) is 0 Å². The van der Waals surface area contributed by atoms with E-state index in [2.05, 4.69) is 31.3 Å². The van der Waals surface area contributed by atoms with Crippen LogP contribution in [-0.2, 0) is 32.2 Å². The average Bonchev–Trinajstić information content (AvgIpc) is 2.84. The fraction of sp³-hybridized carbons (Fsp3) is 0.407. The minimum absolute atomic E-state index is 0.0228. The molecule has 0 radical (unpaired) electrons. The molecule has 2 aromatic rings. The Bertz CT molecular complexity index is 939. The molecule has 1 fully saturated rings. The fourth-order valence-corrected chi connectivity index (χ4v) is 4.16. The first kappa shape index (κ1) is 24.5. The van der Waals surface area contributed by atoms with Gasteiger partial charge in [0.1, 0.15) is 12.3 Å². The second kappa shape index (κ2) is 11.7.